The highest BCUT2D eigenvalue weighted by Gasteiger charge is 2.22. The van der Waals surface area contributed by atoms with E-state index in [1.54, 1.807) is 31.4 Å². The van der Waals surface area contributed by atoms with Crippen LogP contribution in [0.1, 0.15) is 28.3 Å². The summed E-state index contributed by atoms with van der Waals surface area (Å²) < 4.78 is 11.6. The van der Waals surface area contributed by atoms with Gasteiger partial charge < -0.3 is 20.1 Å². The molecule has 1 atom stereocenters. The maximum absolute atomic E-state index is 13.4. The second-order valence-corrected chi connectivity index (χ2v) is 8.46. The van der Waals surface area contributed by atoms with E-state index >= 15 is 0 Å². The molecule has 4 rings (SSSR count). The number of hydrogen-bond acceptors (Lipinski definition) is 5. The van der Waals surface area contributed by atoms with Gasteiger partial charge >= 0.3 is 0 Å². The van der Waals surface area contributed by atoms with Crippen molar-refractivity contribution >= 4 is 11.6 Å². The Bertz CT molecular complexity index is 1330. The summed E-state index contributed by atoms with van der Waals surface area (Å²) in [6, 6.07) is 33.8. The van der Waals surface area contributed by atoms with Gasteiger partial charge in [0.25, 0.3) is 0 Å². The lowest BCUT2D eigenvalue weighted by Gasteiger charge is -2.21. The monoisotopic (exact) mass is 491 g/mol. The van der Waals surface area contributed by atoms with Gasteiger partial charge in [0, 0.05) is 18.7 Å². The molecular weight excluding hydrogens is 462 g/mol. The smallest absolute Gasteiger partial charge is 0.247 e. The third kappa shape index (κ3) is 7.12. The summed E-state index contributed by atoms with van der Waals surface area (Å²) in [5.74, 6) is 0.977. The van der Waals surface area contributed by atoms with Crippen molar-refractivity contribution in [2.75, 3.05) is 19.0 Å². The van der Waals surface area contributed by atoms with Gasteiger partial charge in [0.1, 0.15) is 6.04 Å². The number of ether oxygens (including phenoxy) is 2. The highest BCUT2D eigenvalue weighted by Crippen LogP contribution is 2.32. The van der Waals surface area contributed by atoms with E-state index in [-0.39, 0.29) is 5.91 Å². The predicted octanol–water partition coefficient (Wildman–Crippen LogP) is 5.66. The van der Waals surface area contributed by atoms with E-state index in [0.29, 0.717) is 30.2 Å². The average molecular weight is 492 g/mol. The summed E-state index contributed by atoms with van der Waals surface area (Å²) in [6.45, 7) is 0.910. The number of anilines is 1. The van der Waals surface area contributed by atoms with Crippen LogP contribution in [0.25, 0.3) is 0 Å². The topological polar surface area (TPSA) is 83.4 Å². The van der Waals surface area contributed by atoms with Crippen molar-refractivity contribution in [2.45, 2.75) is 19.0 Å². The first-order valence-electron chi connectivity index (χ1n) is 12.1. The van der Waals surface area contributed by atoms with E-state index in [4.69, 9.17) is 14.7 Å². The number of hydrogen-bond donors (Lipinski definition) is 2. The van der Waals surface area contributed by atoms with Crippen molar-refractivity contribution < 1.29 is 14.3 Å². The second-order valence-electron chi connectivity index (χ2n) is 8.46. The van der Waals surface area contributed by atoms with Crippen LogP contribution in [0.2, 0.25) is 0 Å². The lowest BCUT2D eigenvalue weighted by molar-refractivity contribution is -0.122. The van der Waals surface area contributed by atoms with Gasteiger partial charge in [0.15, 0.2) is 11.5 Å². The highest BCUT2D eigenvalue weighted by molar-refractivity contribution is 5.86. The van der Waals surface area contributed by atoms with Crippen molar-refractivity contribution in [3.63, 3.8) is 0 Å². The van der Waals surface area contributed by atoms with Crippen LogP contribution < -0.4 is 20.1 Å². The molecule has 0 radical (unpaired) electrons. The number of nitriles is 1. The molecule has 2 N–H and O–H groups in total. The Morgan fingerprint density at radius 1 is 0.865 bits per heavy atom. The van der Waals surface area contributed by atoms with Gasteiger partial charge in [-0.25, -0.2) is 0 Å². The lowest BCUT2D eigenvalue weighted by atomic mass is 10.0. The molecule has 0 saturated heterocycles. The standard InChI is InChI=1S/C31H29N3O3/c1-36-29-20-26(14-17-28(29)37-19-18-23-8-4-2-5-9-23)30(34-27-15-12-24(21-32)13-16-27)31(35)33-22-25-10-6-3-7-11-25/h2-17,20,30,34H,18-19,22H2,1H3,(H,33,35)/t30-/m0/s1. The number of rotatable bonds is 11. The summed E-state index contributed by atoms with van der Waals surface area (Å²) in [6.07, 6.45) is 0.774. The molecule has 6 nitrogen and oxygen atoms in total. The number of nitrogens with one attached hydrogen (secondary N) is 2. The number of carbonyl (C=O) groups excluding carboxylic acids is 1. The van der Waals surface area contributed by atoms with E-state index < -0.39 is 6.04 Å². The van der Waals surface area contributed by atoms with Crippen LogP contribution in [0.15, 0.2) is 103 Å². The van der Waals surface area contributed by atoms with E-state index in [1.165, 1.54) is 5.56 Å². The number of nitrogens with zero attached hydrogens (tertiary/aromatic N) is 1. The van der Waals surface area contributed by atoms with Crippen LogP contribution in [0, 0.1) is 11.3 Å². The molecule has 0 heterocycles. The van der Waals surface area contributed by atoms with Gasteiger partial charge in [0.2, 0.25) is 5.91 Å². The van der Waals surface area contributed by atoms with Gasteiger partial charge in [-0.15, -0.1) is 0 Å². The van der Waals surface area contributed by atoms with E-state index in [0.717, 1.165) is 23.2 Å². The van der Waals surface area contributed by atoms with E-state index in [2.05, 4.69) is 28.8 Å². The fourth-order valence-corrected chi connectivity index (χ4v) is 3.90. The zero-order chi connectivity index (χ0) is 25.9. The number of methoxy groups -OCH3 is 1. The molecule has 0 aliphatic heterocycles. The Hall–Kier alpha value is -4.76. The van der Waals surface area contributed by atoms with Gasteiger partial charge in [-0.3, -0.25) is 4.79 Å². The first-order valence-corrected chi connectivity index (χ1v) is 12.1. The molecule has 0 saturated carbocycles. The van der Waals surface area contributed by atoms with Crippen LogP contribution in [0.5, 0.6) is 11.5 Å². The first-order chi connectivity index (χ1) is 18.2. The fourth-order valence-electron chi connectivity index (χ4n) is 3.90. The van der Waals surface area contributed by atoms with Gasteiger partial charge in [0.05, 0.1) is 25.3 Å². The molecule has 0 aliphatic carbocycles. The van der Waals surface area contributed by atoms with E-state index in [1.807, 2.05) is 66.7 Å². The minimum absolute atomic E-state index is 0.187. The number of benzene rings is 4. The normalized spacial score (nSPS) is 11.1. The van der Waals surface area contributed by atoms with E-state index in [9.17, 15) is 4.79 Å². The summed E-state index contributed by atoms with van der Waals surface area (Å²) in [5, 5.41) is 15.4. The third-order valence-corrected chi connectivity index (χ3v) is 5.91. The van der Waals surface area contributed by atoms with Crippen molar-refractivity contribution in [2.24, 2.45) is 0 Å². The van der Waals surface area contributed by atoms with Crippen LogP contribution in [0.4, 0.5) is 5.69 Å². The molecule has 0 aliphatic rings. The molecule has 1 amide bonds. The maximum atomic E-state index is 13.4. The predicted molar refractivity (Wildman–Crippen MR) is 144 cm³/mol. The molecule has 37 heavy (non-hydrogen) atoms. The molecule has 0 aromatic heterocycles. The molecule has 4 aromatic carbocycles. The quantitative estimate of drug-likeness (QED) is 0.283. The molecule has 186 valence electrons. The Morgan fingerprint density at radius 2 is 1.54 bits per heavy atom. The van der Waals surface area contributed by atoms with Crippen molar-refractivity contribution in [3.8, 4) is 17.6 Å². The second kappa shape index (κ2) is 12.8. The lowest BCUT2D eigenvalue weighted by Crippen LogP contribution is -2.33. The van der Waals surface area contributed by atoms with Crippen molar-refractivity contribution in [1.82, 2.24) is 5.32 Å². The maximum Gasteiger partial charge on any atom is 0.247 e. The number of amides is 1. The van der Waals surface area contributed by atoms with Crippen LogP contribution in [0.3, 0.4) is 0 Å². The van der Waals surface area contributed by atoms with Crippen LogP contribution >= 0.6 is 0 Å². The summed E-state index contributed by atoms with van der Waals surface area (Å²) >= 11 is 0. The summed E-state index contributed by atoms with van der Waals surface area (Å²) in [5.41, 5.74) is 4.20. The van der Waals surface area contributed by atoms with Gasteiger partial charge in [-0.1, -0.05) is 66.7 Å². The summed E-state index contributed by atoms with van der Waals surface area (Å²) in [4.78, 5) is 13.4. The van der Waals surface area contributed by atoms with Crippen LogP contribution in [-0.2, 0) is 17.8 Å². The zero-order valence-electron chi connectivity index (χ0n) is 20.7. The largest absolute Gasteiger partial charge is 0.493 e. The Balaban J connectivity index is 1.52. The minimum atomic E-state index is -0.691. The number of carbonyl (C=O) groups is 1. The SMILES string of the molecule is COc1cc([C@H](Nc2ccc(C#N)cc2)C(=O)NCc2ccccc2)ccc1OCCc1ccccc1. The molecule has 0 bridgehead atoms. The third-order valence-electron chi connectivity index (χ3n) is 5.91. The van der Waals surface area contributed by atoms with Crippen LogP contribution in [-0.4, -0.2) is 19.6 Å². The van der Waals surface area contributed by atoms with Crippen molar-refractivity contribution in [1.29, 1.82) is 5.26 Å². The van der Waals surface area contributed by atoms with Gasteiger partial charge in [-0.05, 0) is 53.1 Å². The Kier molecular flexibility index (Phi) is 8.77. The molecule has 0 fully saturated rings. The van der Waals surface area contributed by atoms with Crippen molar-refractivity contribution in [3.05, 3.63) is 125 Å². The molecule has 0 unspecified atom stereocenters. The Morgan fingerprint density at radius 3 is 2.19 bits per heavy atom. The molecular formula is C31H29N3O3. The highest BCUT2D eigenvalue weighted by atomic mass is 16.5. The Labute approximate surface area is 217 Å². The molecule has 0 spiro atoms. The minimum Gasteiger partial charge on any atom is -0.493 e. The first kappa shape index (κ1) is 25.3. The zero-order valence-corrected chi connectivity index (χ0v) is 20.7. The average Bonchev–Trinajstić information content (AvgIpc) is 2.96. The fraction of sp³-hybridized carbons (Fsp3) is 0.161. The van der Waals surface area contributed by atoms with Gasteiger partial charge in [-0.2, -0.15) is 5.26 Å². The molecule has 6 heteroatoms. The summed E-state index contributed by atoms with van der Waals surface area (Å²) in [7, 11) is 1.59. The molecule has 4 aromatic rings.